The van der Waals surface area contributed by atoms with E-state index in [9.17, 15) is 14.7 Å². The zero-order valence-electron chi connectivity index (χ0n) is 16.5. The Morgan fingerprint density at radius 3 is 2.62 bits per heavy atom. The van der Waals surface area contributed by atoms with Gasteiger partial charge in [0.25, 0.3) is 0 Å². The molecule has 1 aromatic heterocycles. The molecule has 0 saturated heterocycles. The summed E-state index contributed by atoms with van der Waals surface area (Å²) in [5.74, 6) is 0.492. The zero-order chi connectivity index (χ0) is 20.8. The highest BCUT2D eigenvalue weighted by atomic mass is 16.5. The van der Waals surface area contributed by atoms with E-state index >= 15 is 0 Å². The van der Waals surface area contributed by atoms with Crippen molar-refractivity contribution in [2.45, 2.75) is 6.10 Å². The molecule has 0 fully saturated rings. The van der Waals surface area contributed by atoms with E-state index < -0.39 is 6.10 Å². The molecule has 0 spiro atoms. The summed E-state index contributed by atoms with van der Waals surface area (Å²) in [4.78, 5) is 29.8. The van der Waals surface area contributed by atoms with Crippen LogP contribution in [0, 0.1) is 0 Å². The molecule has 7 nitrogen and oxygen atoms in total. The molecule has 0 bridgehead atoms. The average molecular weight is 395 g/mol. The van der Waals surface area contributed by atoms with Gasteiger partial charge in [-0.15, -0.1) is 0 Å². The fraction of sp³-hybridized carbons (Fsp3) is 0.273. The number of amides is 1. The smallest absolute Gasteiger partial charge is 0.248 e. The maximum atomic E-state index is 12.4. The van der Waals surface area contributed by atoms with Gasteiger partial charge in [-0.05, 0) is 36.4 Å². The topological polar surface area (TPSA) is 85.9 Å². The van der Waals surface area contributed by atoms with Gasteiger partial charge >= 0.3 is 0 Å². The Balaban J connectivity index is 1.49. The second-order valence-corrected chi connectivity index (χ2v) is 7.00. The maximum Gasteiger partial charge on any atom is 0.248 e. The molecule has 7 heteroatoms. The van der Waals surface area contributed by atoms with Crippen LogP contribution in [-0.4, -0.2) is 60.8 Å². The molecule has 1 amide bonds. The van der Waals surface area contributed by atoms with Crippen LogP contribution >= 0.6 is 0 Å². The molecule has 1 atom stereocenters. The highest BCUT2D eigenvalue weighted by molar-refractivity contribution is 5.81. The van der Waals surface area contributed by atoms with E-state index in [-0.39, 0.29) is 31.2 Å². The van der Waals surface area contributed by atoms with Crippen molar-refractivity contribution in [3.05, 3.63) is 71.0 Å². The van der Waals surface area contributed by atoms with Gasteiger partial charge in [-0.2, -0.15) is 0 Å². The first-order chi connectivity index (χ1) is 13.9. The summed E-state index contributed by atoms with van der Waals surface area (Å²) >= 11 is 0. The van der Waals surface area contributed by atoms with Crippen LogP contribution < -0.4 is 15.2 Å². The first-order valence-electron chi connectivity index (χ1n) is 9.36. The first-order valence-corrected chi connectivity index (χ1v) is 9.36. The van der Waals surface area contributed by atoms with E-state index in [1.807, 2.05) is 42.3 Å². The van der Waals surface area contributed by atoms with Gasteiger partial charge in [-0.3, -0.25) is 9.59 Å². The van der Waals surface area contributed by atoms with Crippen LogP contribution in [0.4, 0.5) is 5.69 Å². The quantitative estimate of drug-likeness (QED) is 0.608. The number of carbonyl (C=O) groups is 1. The number of ether oxygens (including phenoxy) is 1. The number of fused-ring (bicyclic) bond motifs is 1. The number of nitrogens with one attached hydrogen (secondary N) is 1. The molecule has 0 saturated carbocycles. The predicted octanol–water partition coefficient (Wildman–Crippen LogP) is 1.86. The third-order valence-corrected chi connectivity index (χ3v) is 4.62. The van der Waals surface area contributed by atoms with E-state index in [0.29, 0.717) is 5.75 Å². The molecule has 1 heterocycles. The minimum atomic E-state index is -0.822. The van der Waals surface area contributed by atoms with Crippen molar-refractivity contribution in [2.75, 3.05) is 38.7 Å². The summed E-state index contributed by atoms with van der Waals surface area (Å²) in [7, 11) is 3.52. The molecule has 0 aliphatic heterocycles. The van der Waals surface area contributed by atoms with E-state index in [0.717, 1.165) is 16.6 Å². The molecule has 2 aromatic carbocycles. The number of aromatic amines is 1. The molecule has 3 aromatic rings. The highest BCUT2D eigenvalue weighted by Gasteiger charge is 2.16. The van der Waals surface area contributed by atoms with Crippen LogP contribution in [-0.2, 0) is 4.79 Å². The number of aliphatic hydroxyl groups excluding tert-OH is 1. The van der Waals surface area contributed by atoms with Crippen LogP contribution in [0.15, 0.2) is 65.5 Å². The fourth-order valence-electron chi connectivity index (χ4n) is 2.98. The van der Waals surface area contributed by atoms with E-state index in [1.54, 1.807) is 31.3 Å². The molecular formula is C22H25N3O4. The van der Waals surface area contributed by atoms with Crippen LogP contribution in [0.3, 0.4) is 0 Å². The summed E-state index contributed by atoms with van der Waals surface area (Å²) in [6.07, 6.45) is -0.822. The van der Waals surface area contributed by atoms with Gasteiger partial charge in [0.2, 0.25) is 11.5 Å². The summed E-state index contributed by atoms with van der Waals surface area (Å²) in [6, 6.07) is 18.1. The minimum Gasteiger partial charge on any atom is -0.491 e. The predicted molar refractivity (Wildman–Crippen MR) is 113 cm³/mol. The Hall–Kier alpha value is -3.32. The number of aliphatic hydroxyl groups is 1. The third kappa shape index (κ3) is 5.58. The molecule has 152 valence electrons. The standard InChI is InChI=1S/C22H25N3O4/c1-24(17-6-4-3-5-7-17)14-22(28)25(2)13-18(26)15-29-19-9-10-20-16(12-19)8-11-21(27)23-20/h3-12,18,26H,13-15H2,1-2H3,(H,23,27). The number of H-pyrrole nitrogens is 1. The second-order valence-electron chi connectivity index (χ2n) is 7.00. The molecule has 29 heavy (non-hydrogen) atoms. The van der Waals surface area contributed by atoms with Crippen LogP contribution in [0.2, 0.25) is 0 Å². The summed E-state index contributed by atoms with van der Waals surface area (Å²) in [5.41, 5.74) is 1.52. The number of aromatic nitrogens is 1. The normalized spacial score (nSPS) is 11.8. The molecule has 0 aliphatic carbocycles. The van der Waals surface area contributed by atoms with Crippen molar-refractivity contribution in [3.63, 3.8) is 0 Å². The Bertz CT molecular complexity index is 1020. The number of likely N-dealkylation sites (N-methyl/N-ethyl adjacent to an activating group) is 2. The van der Waals surface area contributed by atoms with E-state index in [2.05, 4.69) is 4.98 Å². The van der Waals surface area contributed by atoms with Crippen molar-refractivity contribution in [3.8, 4) is 5.75 Å². The van der Waals surface area contributed by atoms with Crippen LogP contribution in [0.5, 0.6) is 5.75 Å². The van der Waals surface area contributed by atoms with Gasteiger partial charge in [0.1, 0.15) is 18.5 Å². The highest BCUT2D eigenvalue weighted by Crippen LogP contribution is 2.18. The second kappa shape index (κ2) is 9.25. The Morgan fingerprint density at radius 2 is 1.86 bits per heavy atom. The Kier molecular flexibility index (Phi) is 6.51. The van der Waals surface area contributed by atoms with Crippen LogP contribution in [0.1, 0.15) is 0 Å². The van der Waals surface area contributed by atoms with Gasteiger partial charge in [0.05, 0.1) is 6.54 Å². The van der Waals surface area contributed by atoms with Crippen molar-refractivity contribution >= 4 is 22.5 Å². The number of carbonyl (C=O) groups excluding carboxylic acids is 1. The molecular weight excluding hydrogens is 370 g/mol. The molecule has 2 N–H and O–H groups in total. The number of hydrogen-bond acceptors (Lipinski definition) is 5. The largest absolute Gasteiger partial charge is 0.491 e. The molecule has 0 aliphatic rings. The SMILES string of the molecule is CN(CC(O)COc1ccc2[nH]c(=O)ccc2c1)C(=O)CN(C)c1ccccc1. The van der Waals surface area contributed by atoms with Gasteiger partial charge in [-0.1, -0.05) is 18.2 Å². The monoisotopic (exact) mass is 395 g/mol. The summed E-state index contributed by atoms with van der Waals surface area (Å²) in [5, 5.41) is 11.1. The minimum absolute atomic E-state index is 0.0566. The summed E-state index contributed by atoms with van der Waals surface area (Å²) in [6.45, 7) is 0.445. The van der Waals surface area contributed by atoms with Crippen molar-refractivity contribution in [1.29, 1.82) is 0 Å². The fourth-order valence-corrected chi connectivity index (χ4v) is 2.98. The number of para-hydroxylation sites is 1. The van der Waals surface area contributed by atoms with Gasteiger partial charge in [-0.25, -0.2) is 0 Å². The lowest BCUT2D eigenvalue weighted by Crippen LogP contribution is -2.41. The van der Waals surface area contributed by atoms with Crippen molar-refractivity contribution in [2.24, 2.45) is 0 Å². The molecule has 3 rings (SSSR count). The summed E-state index contributed by atoms with van der Waals surface area (Å²) < 4.78 is 5.65. The first kappa shape index (κ1) is 20.4. The van der Waals surface area contributed by atoms with Gasteiger partial charge in [0.15, 0.2) is 0 Å². The number of rotatable bonds is 8. The number of hydrogen-bond donors (Lipinski definition) is 2. The number of benzene rings is 2. The lowest BCUT2D eigenvalue weighted by molar-refractivity contribution is -0.129. The van der Waals surface area contributed by atoms with Gasteiger partial charge < -0.3 is 24.6 Å². The zero-order valence-corrected chi connectivity index (χ0v) is 16.5. The molecule has 0 radical (unpaired) electrons. The molecule has 1 unspecified atom stereocenters. The third-order valence-electron chi connectivity index (χ3n) is 4.62. The van der Waals surface area contributed by atoms with Crippen LogP contribution in [0.25, 0.3) is 10.9 Å². The maximum absolute atomic E-state index is 12.4. The number of nitrogens with zero attached hydrogens (tertiary/aromatic N) is 2. The Labute approximate surface area is 169 Å². The van der Waals surface area contributed by atoms with Gasteiger partial charge in [0, 0.05) is 43.3 Å². The lowest BCUT2D eigenvalue weighted by Gasteiger charge is -2.25. The Morgan fingerprint density at radius 1 is 1.10 bits per heavy atom. The van der Waals surface area contributed by atoms with E-state index in [1.165, 1.54) is 11.0 Å². The number of pyridine rings is 1. The van der Waals surface area contributed by atoms with Crippen molar-refractivity contribution in [1.82, 2.24) is 9.88 Å². The lowest BCUT2D eigenvalue weighted by atomic mass is 10.2. The van der Waals surface area contributed by atoms with Crippen molar-refractivity contribution < 1.29 is 14.6 Å². The average Bonchev–Trinajstić information content (AvgIpc) is 2.72. The van der Waals surface area contributed by atoms with E-state index in [4.69, 9.17) is 4.74 Å². The number of anilines is 1.